The summed E-state index contributed by atoms with van der Waals surface area (Å²) < 4.78 is 7.93. The predicted molar refractivity (Wildman–Crippen MR) is 307 cm³/mol. The van der Waals surface area contributed by atoms with Crippen molar-refractivity contribution in [2.24, 2.45) is 0 Å². The Labute approximate surface area is 423 Å². The average molecular weight is 939 g/mol. The van der Waals surface area contributed by atoms with Gasteiger partial charge in [0, 0.05) is 60.0 Å². The van der Waals surface area contributed by atoms with E-state index in [0.717, 1.165) is 51.6 Å². The van der Waals surface area contributed by atoms with Crippen LogP contribution in [0.1, 0.15) is 101 Å². The Morgan fingerprint density at radius 2 is 1.03 bits per heavy atom. The molecule has 0 saturated heterocycles. The van der Waals surface area contributed by atoms with Crippen molar-refractivity contribution in [1.29, 1.82) is 0 Å². The van der Waals surface area contributed by atoms with Gasteiger partial charge < -0.3 is 14.2 Å². The van der Waals surface area contributed by atoms with E-state index < -0.39 is 0 Å². The van der Waals surface area contributed by atoms with Crippen LogP contribution in [0.2, 0.25) is 0 Å². The van der Waals surface area contributed by atoms with Crippen LogP contribution in [0.3, 0.4) is 0 Å². The minimum absolute atomic E-state index is 0.0255. The Morgan fingerprint density at radius 3 is 1.63 bits per heavy atom. The van der Waals surface area contributed by atoms with Crippen molar-refractivity contribution in [2.75, 3.05) is 9.80 Å². The second-order valence-electron chi connectivity index (χ2n) is 23.3. The van der Waals surface area contributed by atoms with Gasteiger partial charge >= 0.3 is 0 Å². The van der Waals surface area contributed by atoms with Crippen LogP contribution < -0.4 is 26.2 Å². The molecular weight excluding hydrogens is 880 g/mol. The lowest BCUT2D eigenvalue weighted by molar-refractivity contribution is 0.590. The molecule has 2 aromatic heterocycles. The predicted octanol–water partition coefficient (Wildman–Crippen LogP) is 16.8. The zero-order valence-electron chi connectivity index (χ0n) is 42.4. The lowest BCUT2D eigenvalue weighted by Crippen LogP contribution is -2.61. The molecular formula is C66H59BN2OS. The molecule has 8 aromatic carbocycles. The molecule has 0 amide bonds. The lowest BCUT2D eigenvalue weighted by Gasteiger charge is -2.45. The van der Waals surface area contributed by atoms with Crippen LogP contribution in [0.4, 0.5) is 34.1 Å². The highest BCUT2D eigenvalue weighted by atomic mass is 32.1. The van der Waals surface area contributed by atoms with E-state index in [4.69, 9.17) is 4.42 Å². The van der Waals surface area contributed by atoms with Gasteiger partial charge in [-0.15, -0.1) is 11.3 Å². The topological polar surface area (TPSA) is 19.6 Å². The van der Waals surface area contributed by atoms with E-state index in [1.54, 1.807) is 0 Å². The highest BCUT2D eigenvalue weighted by Crippen LogP contribution is 2.49. The maximum atomic E-state index is 6.56. The van der Waals surface area contributed by atoms with E-state index in [0.29, 0.717) is 0 Å². The number of thiophene rings is 1. The first-order valence-corrected chi connectivity index (χ1v) is 26.3. The van der Waals surface area contributed by atoms with Crippen LogP contribution in [0, 0.1) is 0 Å². The van der Waals surface area contributed by atoms with Gasteiger partial charge in [-0.2, -0.15) is 0 Å². The second kappa shape index (κ2) is 15.7. The van der Waals surface area contributed by atoms with Crippen LogP contribution in [0.15, 0.2) is 174 Å². The van der Waals surface area contributed by atoms with Crippen molar-refractivity contribution in [3.8, 4) is 11.1 Å². The van der Waals surface area contributed by atoms with Crippen LogP contribution >= 0.6 is 11.3 Å². The van der Waals surface area contributed by atoms with Gasteiger partial charge in [-0.1, -0.05) is 172 Å². The van der Waals surface area contributed by atoms with Crippen molar-refractivity contribution in [2.45, 2.75) is 91.4 Å². The van der Waals surface area contributed by atoms with E-state index in [1.165, 1.54) is 93.2 Å². The number of nitrogens with zero attached hydrogens (tertiary/aromatic N) is 2. The molecule has 0 bridgehead atoms. The van der Waals surface area contributed by atoms with Crippen molar-refractivity contribution >= 4 is 106 Å². The van der Waals surface area contributed by atoms with E-state index in [9.17, 15) is 0 Å². The van der Waals surface area contributed by atoms with Gasteiger partial charge in [0.15, 0.2) is 0 Å². The van der Waals surface area contributed by atoms with Gasteiger partial charge in [0.25, 0.3) is 6.71 Å². The molecule has 0 radical (unpaired) electrons. The highest BCUT2D eigenvalue weighted by molar-refractivity contribution is 7.20. The number of rotatable bonds is 4. The minimum atomic E-state index is -0.131. The van der Waals surface area contributed by atoms with Gasteiger partial charge in [-0.3, -0.25) is 0 Å². The standard InChI is InChI=1S/C66H59BN2OS/c1-64(2,3)42-28-34-53-55(36-42)68(45-30-24-40(25-31-45)47-18-14-20-51-49-16-10-12-22-59(49)70-62(47)51)57-38-44(66(7,8)9)39-58-61(57)67(53)54-35-29-43(65(4,5)6)37-56(54)69(58)46-32-26-41(27-33-46)48-19-15-21-52-50-17-11-13-23-60(50)71-63(48)52/h10-14,16-20,22-39H,15,21H2,1-9H3. The quantitative estimate of drug-likeness (QED) is 0.164. The molecule has 0 N–H and O–H groups in total. The Morgan fingerprint density at radius 1 is 0.493 bits per heavy atom. The van der Waals surface area contributed by atoms with Crippen molar-refractivity contribution in [3.05, 3.63) is 203 Å². The maximum Gasteiger partial charge on any atom is 0.252 e. The lowest BCUT2D eigenvalue weighted by atomic mass is 9.33. The molecule has 4 heterocycles. The number of benzene rings is 8. The van der Waals surface area contributed by atoms with Crippen molar-refractivity contribution in [1.82, 2.24) is 0 Å². The fourth-order valence-electron chi connectivity index (χ4n) is 11.7. The van der Waals surface area contributed by atoms with Gasteiger partial charge in [0.2, 0.25) is 0 Å². The molecule has 1 aliphatic carbocycles. The highest BCUT2D eigenvalue weighted by Gasteiger charge is 2.45. The molecule has 2 aliphatic heterocycles. The molecule has 10 aromatic rings. The number of aryl methyl sites for hydroxylation is 1. The molecule has 13 rings (SSSR count). The van der Waals surface area contributed by atoms with Gasteiger partial charge in [-0.25, -0.2) is 0 Å². The summed E-state index contributed by atoms with van der Waals surface area (Å²) in [6.45, 7) is 21.1. The number of anilines is 6. The first kappa shape index (κ1) is 43.9. The van der Waals surface area contributed by atoms with E-state index >= 15 is 0 Å². The normalized spacial score (nSPS) is 14.4. The molecule has 0 atom stereocenters. The summed E-state index contributed by atoms with van der Waals surface area (Å²) in [5.74, 6) is 0. The van der Waals surface area contributed by atoms with Crippen LogP contribution in [-0.4, -0.2) is 6.71 Å². The number of furan rings is 1. The zero-order valence-corrected chi connectivity index (χ0v) is 43.2. The van der Waals surface area contributed by atoms with Crippen LogP contribution in [-0.2, 0) is 22.7 Å². The molecule has 348 valence electrons. The van der Waals surface area contributed by atoms with Gasteiger partial charge in [0.1, 0.15) is 11.2 Å². The Balaban J connectivity index is 1.02. The van der Waals surface area contributed by atoms with E-state index in [2.05, 4.69) is 236 Å². The summed E-state index contributed by atoms with van der Waals surface area (Å²) in [4.78, 5) is 6.60. The fourth-order valence-corrected chi connectivity index (χ4v) is 13.0. The van der Waals surface area contributed by atoms with Crippen LogP contribution in [0.25, 0.3) is 48.7 Å². The van der Waals surface area contributed by atoms with Crippen LogP contribution in [0.5, 0.6) is 0 Å². The molecule has 71 heavy (non-hydrogen) atoms. The summed E-state index contributed by atoms with van der Waals surface area (Å²) in [6.07, 6.45) is 4.62. The minimum Gasteiger partial charge on any atom is -0.455 e. The molecule has 5 heteroatoms. The maximum absolute atomic E-state index is 6.56. The molecule has 3 aliphatic rings. The summed E-state index contributed by atoms with van der Waals surface area (Å²) in [5, 5.41) is 3.70. The Hall–Kier alpha value is -7.08. The van der Waals surface area contributed by atoms with Gasteiger partial charge in [-0.05, 0) is 150 Å². The average Bonchev–Trinajstić information content (AvgIpc) is 3.94. The smallest absolute Gasteiger partial charge is 0.252 e. The summed E-state index contributed by atoms with van der Waals surface area (Å²) in [6, 6.07) is 62.3. The molecule has 0 spiro atoms. The number of fused-ring (bicyclic) bond motifs is 10. The van der Waals surface area contributed by atoms with E-state index in [1.807, 2.05) is 17.4 Å². The fraction of sp³-hybridized carbons (Fsp3) is 0.212. The summed E-state index contributed by atoms with van der Waals surface area (Å²) in [7, 11) is 0. The van der Waals surface area contributed by atoms with Gasteiger partial charge in [0.05, 0.1) is 0 Å². The van der Waals surface area contributed by atoms with Crippen molar-refractivity contribution in [3.63, 3.8) is 0 Å². The number of para-hydroxylation sites is 2. The third-order valence-electron chi connectivity index (χ3n) is 15.6. The Kier molecular flexibility index (Phi) is 9.72. The largest absolute Gasteiger partial charge is 0.455 e. The SMILES string of the molecule is CC(C)(C)c1ccc2c(c1)N(c1ccc(C3=CCCc4c3sc3ccccc43)cc1)c1cc(C(C)(C)C)cc3c1B2c1ccc(C(C)(C)C)cc1N3c1ccc(-c2cccc3c2oc2ccccc23)cc1. The molecule has 3 nitrogen and oxygen atoms in total. The third-order valence-corrected chi connectivity index (χ3v) is 16.9. The van der Waals surface area contributed by atoms with Crippen molar-refractivity contribution < 1.29 is 4.42 Å². The monoisotopic (exact) mass is 938 g/mol. The molecule has 0 fully saturated rings. The number of allylic oxidation sites excluding steroid dienone is 1. The summed E-state index contributed by atoms with van der Waals surface area (Å²) in [5.41, 5.74) is 23.3. The number of hydrogen-bond acceptors (Lipinski definition) is 4. The summed E-state index contributed by atoms with van der Waals surface area (Å²) >= 11 is 1.94. The first-order valence-electron chi connectivity index (χ1n) is 25.5. The molecule has 0 saturated carbocycles. The number of hydrogen-bond donors (Lipinski definition) is 0. The first-order chi connectivity index (χ1) is 34.1. The zero-order chi connectivity index (χ0) is 48.7. The third kappa shape index (κ3) is 6.98. The second-order valence-corrected chi connectivity index (χ2v) is 24.3. The van der Waals surface area contributed by atoms with E-state index in [-0.39, 0.29) is 23.0 Å². The Bertz CT molecular complexity index is 3830. The molecule has 0 unspecified atom stereocenters.